The van der Waals surface area contributed by atoms with Gasteiger partial charge in [-0.1, -0.05) is 35.3 Å². The summed E-state index contributed by atoms with van der Waals surface area (Å²) in [6.45, 7) is 0. The van der Waals surface area contributed by atoms with E-state index in [0.29, 0.717) is 38.6 Å². The van der Waals surface area contributed by atoms with E-state index in [1.807, 2.05) is 0 Å². The average Bonchev–Trinajstić information content (AvgIpc) is 2.67. The average molecular weight is 388 g/mol. The van der Waals surface area contributed by atoms with E-state index in [4.69, 9.17) is 27.9 Å². The maximum absolute atomic E-state index is 12.3. The van der Waals surface area contributed by atoms with Crippen LogP contribution in [0.2, 0.25) is 10.0 Å². The first-order valence-electron chi connectivity index (χ1n) is 7.69. The molecular formula is C19H15Cl2N3O2. The Morgan fingerprint density at radius 3 is 2.62 bits per heavy atom. The fourth-order valence-corrected chi connectivity index (χ4v) is 2.60. The van der Waals surface area contributed by atoms with Gasteiger partial charge in [-0.25, -0.2) is 4.98 Å². The van der Waals surface area contributed by atoms with E-state index in [1.54, 1.807) is 67.9 Å². The van der Waals surface area contributed by atoms with Gasteiger partial charge in [0.25, 0.3) is 5.91 Å². The highest BCUT2D eigenvalue weighted by molar-refractivity contribution is 6.43. The van der Waals surface area contributed by atoms with Crippen LogP contribution in [-0.2, 0) is 0 Å². The summed E-state index contributed by atoms with van der Waals surface area (Å²) >= 11 is 12.1. The smallest absolute Gasteiger partial charge is 0.255 e. The third-order valence-electron chi connectivity index (χ3n) is 3.57. The summed E-state index contributed by atoms with van der Waals surface area (Å²) in [4.78, 5) is 16.6. The molecule has 0 saturated carbocycles. The Kier molecular flexibility index (Phi) is 5.61. The summed E-state index contributed by atoms with van der Waals surface area (Å²) in [6.07, 6.45) is 1.55. The molecule has 0 unspecified atom stereocenters. The fraction of sp³-hybridized carbons (Fsp3) is 0.0526. The zero-order valence-electron chi connectivity index (χ0n) is 13.8. The molecule has 1 heterocycles. The SMILES string of the molecule is COc1cccc(C(=O)Nc2ccc(Nc3cccc(Cl)c3Cl)nc2)c1. The van der Waals surface area contributed by atoms with Gasteiger partial charge < -0.3 is 15.4 Å². The van der Waals surface area contributed by atoms with E-state index in [-0.39, 0.29) is 5.91 Å². The Labute approximate surface area is 160 Å². The Morgan fingerprint density at radius 2 is 1.88 bits per heavy atom. The number of carbonyl (C=O) groups is 1. The van der Waals surface area contributed by atoms with Crippen molar-refractivity contribution in [3.05, 3.63) is 76.4 Å². The number of aromatic nitrogens is 1. The van der Waals surface area contributed by atoms with Crippen LogP contribution in [0.5, 0.6) is 5.75 Å². The molecule has 0 radical (unpaired) electrons. The minimum atomic E-state index is -0.246. The lowest BCUT2D eigenvalue weighted by Gasteiger charge is -2.10. The third kappa shape index (κ3) is 4.25. The lowest BCUT2D eigenvalue weighted by atomic mass is 10.2. The van der Waals surface area contributed by atoms with Crippen molar-refractivity contribution in [1.82, 2.24) is 4.98 Å². The molecule has 7 heteroatoms. The molecule has 1 amide bonds. The first-order valence-corrected chi connectivity index (χ1v) is 8.45. The van der Waals surface area contributed by atoms with Gasteiger partial charge in [0.1, 0.15) is 11.6 Å². The number of rotatable bonds is 5. The highest BCUT2D eigenvalue weighted by atomic mass is 35.5. The topological polar surface area (TPSA) is 63.2 Å². The number of nitrogens with zero attached hydrogens (tertiary/aromatic N) is 1. The first-order chi connectivity index (χ1) is 12.6. The van der Waals surface area contributed by atoms with E-state index >= 15 is 0 Å². The number of hydrogen-bond donors (Lipinski definition) is 2. The predicted molar refractivity (Wildman–Crippen MR) is 105 cm³/mol. The molecule has 0 aliphatic rings. The molecule has 5 nitrogen and oxygen atoms in total. The number of hydrogen-bond acceptors (Lipinski definition) is 4. The lowest BCUT2D eigenvalue weighted by Crippen LogP contribution is -2.12. The summed E-state index contributed by atoms with van der Waals surface area (Å²) < 4.78 is 5.12. The van der Waals surface area contributed by atoms with Crippen molar-refractivity contribution in [2.45, 2.75) is 0 Å². The molecule has 0 saturated heterocycles. The van der Waals surface area contributed by atoms with Crippen LogP contribution in [0.15, 0.2) is 60.8 Å². The monoisotopic (exact) mass is 387 g/mol. The molecule has 0 aliphatic carbocycles. The van der Waals surface area contributed by atoms with Crippen LogP contribution < -0.4 is 15.4 Å². The van der Waals surface area contributed by atoms with E-state index in [9.17, 15) is 4.79 Å². The maximum atomic E-state index is 12.3. The number of halogens is 2. The van der Waals surface area contributed by atoms with Crippen molar-refractivity contribution in [1.29, 1.82) is 0 Å². The van der Waals surface area contributed by atoms with Crippen molar-refractivity contribution < 1.29 is 9.53 Å². The summed E-state index contributed by atoms with van der Waals surface area (Å²) in [5, 5.41) is 6.75. The fourth-order valence-electron chi connectivity index (χ4n) is 2.25. The molecule has 2 aromatic carbocycles. The third-order valence-corrected chi connectivity index (χ3v) is 4.39. The Morgan fingerprint density at radius 1 is 1.08 bits per heavy atom. The maximum Gasteiger partial charge on any atom is 0.255 e. The van der Waals surface area contributed by atoms with Crippen molar-refractivity contribution in [2.24, 2.45) is 0 Å². The van der Waals surface area contributed by atoms with Crippen LogP contribution in [0.1, 0.15) is 10.4 Å². The summed E-state index contributed by atoms with van der Waals surface area (Å²) in [6, 6.07) is 15.7. The first kappa shape index (κ1) is 18.0. The van der Waals surface area contributed by atoms with Crippen LogP contribution in [0.4, 0.5) is 17.2 Å². The number of methoxy groups -OCH3 is 1. The van der Waals surface area contributed by atoms with Gasteiger partial charge >= 0.3 is 0 Å². The van der Waals surface area contributed by atoms with Gasteiger partial charge in [-0.2, -0.15) is 0 Å². The molecule has 0 aliphatic heterocycles. The lowest BCUT2D eigenvalue weighted by molar-refractivity contribution is 0.102. The Balaban J connectivity index is 1.69. The minimum Gasteiger partial charge on any atom is -0.497 e. The highest BCUT2D eigenvalue weighted by Crippen LogP contribution is 2.31. The molecule has 0 atom stereocenters. The molecule has 0 fully saturated rings. The van der Waals surface area contributed by atoms with Crippen LogP contribution in [0, 0.1) is 0 Å². The van der Waals surface area contributed by atoms with Gasteiger partial charge in [0.2, 0.25) is 0 Å². The summed E-state index contributed by atoms with van der Waals surface area (Å²) in [5.41, 5.74) is 1.72. The van der Waals surface area contributed by atoms with Gasteiger partial charge in [-0.05, 0) is 42.5 Å². The van der Waals surface area contributed by atoms with Crippen molar-refractivity contribution in [2.75, 3.05) is 17.7 Å². The van der Waals surface area contributed by atoms with E-state index in [1.165, 1.54) is 0 Å². The number of anilines is 3. The molecule has 132 valence electrons. The number of amides is 1. The van der Waals surface area contributed by atoms with Crippen LogP contribution in [-0.4, -0.2) is 18.0 Å². The molecule has 1 aromatic heterocycles. The molecule has 0 bridgehead atoms. The van der Waals surface area contributed by atoms with Crippen LogP contribution in [0.25, 0.3) is 0 Å². The summed E-state index contributed by atoms with van der Waals surface area (Å²) in [5.74, 6) is 0.951. The molecule has 0 spiro atoms. The predicted octanol–water partition coefficient (Wildman–Crippen LogP) is 5.39. The quantitative estimate of drug-likeness (QED) is 0.615. The Bertz CT molecular complexity index is 930. The number of benzene rings is 2. The number of nitrogens with one attached hydrogen (secondary N) is 2. The number of pyridine rings is 1. The van der Waals surface area contributed by atoms with Gasteiger partial charge in [-0.15, -0.1) is 0 Å². The second kappa shape index (κ2) is 8.08. The van der Waals surface area contributed by atoms with Crippen LogP contribution >= 0.6 is 23.2 Å². The Hall–Kier alpha value is -2.76. The molecule has 3 aromatic rings. The number of carbonyl (C=O) groups excluding carboxylic acids is 1. The van der Waals surface area contributed by atoms with E-state index < -0.39 is 0 Å². The zero-order chi connectivity index (χ0) is 18.5. The van der Waals surface area contributed by atoms with Crippen molar-refractivity contribution >= 4 is 46.3 Å². The van der Waals surface area contributed by atoms with Gasteiger partial charge in [0.15, 0.2) is 0 Å². The van der Waals surface area contributed by atoms with Crippen molar-refractivity contribution in [3.63, 3.8) is 0 Å². The van der Waals surface area contributed by atoms with E-state index in [2.05, 4.69) is 15.6 Å². The standard InChI is InChI=1S/C19H15Cl2N3O2/c1-26-14-5-2-4-12(10-14)19(25)23-13-8-9-17(22-11-13)24-16-7-3-6-15(20)18(16)21/h2-11H,1H3,(H,22,24)(H,23,25). The molecule has 3 rings (SSSR count). The van der Waals surface area contributed by atoms with Gasteiger partial charge in [-0.3, -0.25) is 4.79 Å². The van der Waals surface area contributed by atoms with Crippen LogP contribution in [0.3, 0.4) is 0 Å². The largest absolute Gasteiger partial charge is 0.497 e. The number of ether oxygens (including phenoxy) is 1. The summed E-state index contributed by atoms with van der Waals surface area (Å²) in [7, 11) is 1.55. The normalized spacial score (nSPS) is 10.3. The molecular weight excluding hydrogens is 373 g/mol. The van der Waals surface area contributed by atoms with E-state index in [0.717, 1.165) is 0 Å². The van der Waals surface area contributed by atoms with Gasteiger partial charge in [0.05, 0.1) is 34.7 Å². The van der Waals surface area contributed by atoms with Gasteiger partial charge in [0, 0.05) is 5.56 Å². The molecule has 2 N–H and O–H groups in total. The minimum absolute atomic E-state index is 0.246. The highest BCUT2D eigenvalue weighted by Gasteiger charge is 2.08. The molecule has 26 heavy (non-hydrogen) atoms. The second-order valence-electron chi connectivity index (χ2n) is 5.34. The van der Waals surface area contributed by atoms with Crippen molar-refractivity contribution in [3.8, 4) is 5.75 Å². The second-order valence-corrected chi connectivity index (χ2v) is 6.13. The zero-order valence-corrected chi connectivity index (χ0v) is 15.3.